The van der Waals surface area contributed by atoms with E-state index in [-0.39, 0.29) is 0 Å². The zero-order chi connectivity index (χ0) is 12.8. The predicted molar refractivity (Wildman–Crippen MR) is 72.5 cm³/mol. The number of nitrogens with zero attached hydrogens (tertiary/aromatic N) is 1. The lowest BCUT2D eigenvalue weighted by Crippen LogP contribution is -2.18. The number of hydrogen-bond acceptors (Lipinski definition) is 3. The van der Waals surface area contributed by atoms with Gasteiger partial charge in [0.15, 0.2) is 0 Å². The number of benzene rings is 1. The molecule has 1 N–H and O–H groups in total. The molecule has 0 saturated carbocycles. The third-order valence-corrected chi connectivity index (χ3v) is 2.95. The average Bonchev–Trinajstić information content (AvgIpc) is 2.46. The van der Waals surface area contributed by atoms with Gasteiger partial charge < -0.3 is 10.1 Å². The summed E-state index contributed by atoms with van der Waals surface area (Å²) in [4.78, 5) is 4.10. The van der Waals surface area contributed by atoms with Crippen LogP contribution in [0.15, 0.2) is 48.8 Å². The number of rotatable bonds is 5. The highest BCUT2D eigenvalue weighted by Gasteiger charge is 2.04. The van der Waals surface area contributed by atoms with E-state index in [1.165, 1.54) is 11.1 Å². The molecular weight excluding hydrogens is 224 g/mol. The minimum absolute atomic E-state index is 0.302. The third-order valence-electron chi connectivity index (χ3n) is 2.95. The van der Waals surface area contributed by atoms with Crippen molar-refractivity contribution in [2.45, 2.75) is 19.5 Å². The molecule has 3 nitrogen and oxygen atoms in total. The van der Waals surface area contributed by atoms with Crippen molar-refractivity contribution in [3.05, 3.63) is 59.9 Å². The standard InChI is InChI=1S/C15H18N2O/c1-12(14-5-7-15(18-2)8-6-14)17-11-13-4-3-9-16-10-13/h3-10,12,17H,11H2,1-2H3/t12-/m1/s1. The van der Waals surface area contributed by atoms with Crippen molar-refractivity contribution in [2.75, 3.05) is 7.11 Å². The number of methoxy groups -OCH3 is 1. The van der Waals surface area contributed by atoms with E-state index in [0.717, 1.165) is 12.3 Å². The minimum atomic E-state index is 0.302. The average molecular weight is 242 g/mol. The lowest BCUT2D eigenvalue weighted by molar-refractivity contribution is 0.414. The second-order valence-corrected chi connectivity index (χ2v) is 4.24. The highest BCUT2D eigenvalue weighted by atomic mass is 16.5. The molecule has 2 rings (SSSR count). The Morgan fingerprint density at radius 1 is 1.22 bits per heavy atom. The molecular formula is C15H18N2O. The van der Waals surface area contributed by atoms with Crippen LogP contribution in [0, 0.1) is 0 Å². The van der Waals surface area contributed by atoms with Gasteiger partial charge in [0.05, 0.1) is 7.11 Å². The highest BCUT2D eigenvalue weighted by molar-refractivity contribution is 5.28. The molecule has 0 radical (unpaired) electrons. The molecule has 18 heavy (non-hydrogen) atoms. The van der Waals surface area contributed by atoms with Crippen LogP contribution in [-0.4, -0.2) is 12.1 Å². The monoisotopic (exact) mass is 242 g/mol. The highest BCUT2D eigenvalue weighted by Crippen LogP contribution is 2.17. The Balaban J connectivity index is 1.93. The molecule has 1 heterocycles. The van der Waals surface area contributed by atoms with E-state index in [1.807, 2.05) is 24.4 Å². The van der Waals surface area contributed by atoms with Gasteiger partial charge in [-0.2, -0.15) is 0 Å². The topological polar surface area (TPSA) is 34.1 Å². The number of ether oxygens (including phenoxy) is 1. The van der Waals surface area contributed by atoms with E-state index in [1.54, 1.807) is 13.3 Å². The van der Waals surface area contributed by atoms with Gasteiger partial charge in [-0.05, 0) is 36.2 Å². The maximum Gasteiger partial charge on any atom is 0.118 e. The quantitative estimate of drug-likeness (QED) is 0.875. The molecule has 1 aromatic carbocycles. The van der Waals surface area contributed by atoms with Gasteiger partial charge in [-0.3, -0.25) is 4.98 Å². The molecule has 0 bridgehead atoms. The number of pyridine rings is 1. The molecule has 1 atom stereocenters. The van der Waals surface area contributed by atoms with Crippen LogP contribution in [0.2, 0.25) is 0 Å². The van der Waals surface area contributed by atoms with Crippen molar-refractivity contribution in [3.8, 4) is 5.75 Å². The molecule has 0 saturated heterocycles. The van der Waals surface area contributed by atoms with Crippen molar-refractivity contribution in [1.29, 1.82) is 0 Å². The summed E-state index contributed by atoms with van der Waals surface area (Å²) in [6, 6.07) is 12.5. The number of nitrogens with one attached hydrogen (secondary N) is 1. The van der Waals surface area contributed by atoms with Gasteiger partial charge in [0.1, 0.15) is 5.75 Å². The molecule has 3 heteroatoms. The molecule has 0 unspecified atom stereocenters. The van der Waals surface area contributed by atoms with E-state index in [9.17, 15) is 0 Å². The molecule has 2 aromatic rings. The van der Waals surface area contributed by atoms with Gasteiger partial charge in [0, 0.05) is 25.0 Å². The van der Waals surface area contributed by atoms with Crippen LogP contribution in [0.25, 0.3) is 0 Å². The van der Waals surface area contributed by atoms with Crippen LogP contribution in [-0.2, 0) is 6.54 Å². The van der Waals surface area contributed by atoms with Crippen LogP contribution >= 0.6 is 0 Å². The van der Waals surface area contributed by atoms with Crippen molar-refractivity contribution in [2.24, 2.45) is 0 Å². The van der Waals surface area contributed by atoms with Crippen molar-refractivity contribution in [1.82, 2.24) is 10.3 Å². The first-order chi connectivity index (χ1) is 8.79. The molecule has 0 spiro atoms. The van der Waals surface area contributed by atoms with Crippen molar-refractivity contribution >= 4 is 0 Å². The summed E-state index contributed by atoms with van der Waals surface area (Å²) < 4.78 is 5.15. The fourth-order valence-electron chi connectivity index (χ4n) is 1.78. The summed E-state index contributed by atoms with van der Waals surface area (Å²) in [5.41, 5.74) is 2.44. The van der Waals surface area contributed by atoms with Crippen LogP contribution in [0.3, 0.4) is 0 Å². The Kier molecular flexibility index (Phi) is 4.31. The SMILES string of the molecule is COc1ccc([C@@H](C)NCc2cccnc2)cc1. The van der Waals surface area contributed by atoms with Crippen LogP contribution < -0.4 is 10.1 Å². The van der Waals surface area contributed by atoms with E-state index in [0.29, 0.717) is 6.04 Å². The zero-order valence-corrected chi connectivity index (χ0v) is 10.8. The lowest BCUT2D eigenvalue weighted by Gasteiger charge is -2.14. The van der Waals surface area contributed by atoms with Gasteiger partial charge in [0.25, 0.3) is 0 Å². The van der Waals surface area contributed by atoms with Crippen LogP contribution in [0.5, 0.6) is 5.75 Å². The Labute approximate surface area is 108 Å². The first-order valence-electron chi connectivity index (χ1n) is 6.06. The van der Waals surface area contributed by atoms with Gasteiger partial charge >= 0.3 is 0 Å². The van der Waals surface area contributed by atoms with E-state index in [4.69, 9.17) is 4.74 Å². The normalized spacial score (nSPS) is 12.1. The molecule has 0 fully saturated rings. The number of aromatic nitrogens is 1. The van der Waals surface area contributed by atoms with Gasteiger partial charge in [0.2, 0.25) is 0 Å². The Morgan fingerprint density at radius 3 is 2.61 bits per heavy atom. The summed E-state index contributed by atoms with van der Waals surface area (Å²) in [7, 11) is 1.68. The first kappa shape index (κ1) is 12.6. The summed E-state index contributed by atoms with van der Waals surface area (Å²) in [5, 5.41) is 3.47. The summed E-state index contributed by atoms with van der Waals surface area (Å²) >= 11 is 0. The maximum absolute atomic E-state index is 5.15. The molecule has 0 amide bonds. The minimum Gasteiger partial charge on any atom is -0.497 e. The van der Waals surface area contributed by atoms with E-state index >= 15 is 0 Å². The second-order valence-electron chi connectivity index (χ2n) is 4.24. The van der Waals surface area contributed by atoms with E-state index < -0.39 is 0 Å². The van der Waals surface area contributed by atoms with Gasteiger partial charge in [-0.15, -0.1) is 0 Å². The molecule has 0 aliphatic carbocycles. The first-order valence-corrected chi connectivity index (χ1v) is 6.06. The fraction of sp³-hybridized carbons (Fsp3) is 0.267. The largest absolute Gasteiger partial charge is 0.497 e. The lowest BCUT2D eigenvalue weighted by atomic mass is 10.1. The van der Waals surface area contributed by atoms with Crippen molar-refractivity contribution < 1.29 is 4.74 Å². The van der Waals surface area contributed by atoms with Crippen LogP contribution in [0.1, 0.15) is 24.1 Å². The van der Waals surface area contributed by atoms with Gasteiger partial charge in [-0.25, -0.2) is 0 Å². The number of hydrogen-bond donors (Lipinski definition) is 1. The fourth-order valence-corrected chi connectivity index (χ4v) is 1.78. The van der Waals surface area contributed by atoms with Crippen molar-refractivity contribution in [3.63, 3.8) is 0 Å². The Hall–Kier alpha value is -1.87. The summed E-state index contributed by atoms with van der Waals surface area (Å²) in [5.74, 6) is 0.887. The second kappa shape index (κ2) is 6.17. The van der Waals surface area contributed by atoms with Gasteiger partial charge in [-0.1, -0.05) is 18.2 Å². The van der Waals surface area contributed by atoms with E-state index in [2.05, 4.69) is 35.4 Å². The zero-order valence-electron chi connectivity index (χ0n) is 10.8. The molecule has 1 aromatic heterocycles. The third kappa shape index (κ3) is 3.31. The predicted octanol–water partition coefficient (Wildman–Crippen LogP) is 2.94. The summed E-state index contributed by atoms with van der Waals surface area (Å²) in [6.07, 6.45) is 3.67. The molecule has 94 valence electrons. The smallest absolute Gasteiger partial charge is 0.118 e. The molecule has 0 aliphatic rings. The Bertz CT molecular complexity index is 468. The summed E-state index contributed by atoms with van der Waals surface area (Å²) in [6.45, 7) is 2.97. The van der Waals surface area contributed by atoms with Crippen LogP contribution in [0.4, 0.5) is 0 Å². The molecule has 0 aliphatic heterocycles. The Morgan fingerprint density at radius 2 is 2.00 bits per heavy atom. The maximum atomic E-state index is 5.15.